The number of hydrogen-bond donors (Lipinski definition) is 1. The second-order valence-corrected chi connectivity index (χ2v) is 12.4. The highest BCUT2D eigenvalue weighted by atomic mass is 28.3. The normalized spacial score (nSPS) is 13.8. The molecule has 96 valence electrons. The van der Waals surface area contributed by atoms with Crippen LogP contribution in [0.4, 0.5) is 0 Å². The second kappa shape index (κ2) is 4.58. The van der Waals surface area contributed by atoms with Crippen molar-refractivity contribution in [2.24, 2.45) is 0 Å². The summed E-state index contributed by atoms with van der Waals surface area (Å²) >= 11 is 0. The Morgan fingerprint density at radius 3 is 1.53 bits per heavy atom. The van der Waals surface area contributed by atoms with E-state index in [1.165, 1.54) is 5.19 Å². The van der Waals surface area contributed by atoms with Crippen LogP contribution in [0.3, 0.4) is 0 Å². The standard InChI is InChI=1S/C15H27NSi/c1-14(2,3)17(16-7,15(4,5)6)13-11-9-8-10-12-13/h8-12,16H,1-7H3. The van der Waals surface area contributed by atoms with Crippen LogP contribution < -0.4 is 10.2 Å². The van der Waals surface area contributed by atoms with Gasteiger partial charge >= 0.3 is 0 Å². The molecule has 0 aliphatic carbocycles. The van der Waals surface area contributed by atoms with Crippen LogP contribution in [0.15, 0.2) is 30.3 Å². The van der Waals surface area contributed by atoms with E-state index in [4.69, 9.17) is 0 Å². The Balaban J connectivity index is 3.49. The Kier molecular flexibility index (Phi) is 3.90. The number of rotatable bonds is 2. The van der Waals surface area contributed by atoms with E-state index in [0.717, 1.165) is 0 Å². The fraction of sp³-hybridized carbons (Fsp3) is 0.600. The number of hydrogen-bond acceptors (Lipinski definition) is 1. The maximum absolute atomic E-state index is 3.75. The average Bonchev–Trinajstić information content (AvgIpc) is 2.16. The topological polar surface area (TPSA) is 12.0 Å². The van der Waals surface area contributed by atoms with Gasteiger partial charge in [-0.3, -0.25) is 0 Å². The minimum absolute atomic E-state index is 0.279. The highest BCUT2D eigenvalue weighted by Crippen LogP contribution is 2.48. The Hall–Kier alpha value is -0.603. The molecule has 17 heavy (non-hydrogen) atoms. The van der Waals surface area contributed by atoms with Crippen LogP contribution in [-0.4, -0.2) is 15.3 Å². The summed E-state index contributed by atoms with van der Waals surface area (Å²) in [7, 11) is 0.336. The lowest BCUT2D eigenvalue weighted by Crippen LogP contribution is -2.70. The first kappa shape index (κ1) is 14.5. The van der Waals surface area contributed by atoms with Gasteiger partial charge in [-0.15, -0.1) is 0 Å². The Morgan fingerprint density at radius 1 is 0.824 bits per heavy atom. The van der Waals surface area contributed by atoms with Gasteiger partial charge in [0, 0.05) is 0 Å². The van der Waals surface area contributed by atoms with Crippen LogP contribution in [0.2, 0.25) is 10.1 Å². The summed E-state index contributed by atoms with van der Waals surface area (Å²) in [5, 5.41) is 2.06. The van der Waals surface area contributed by atoms with Crippen LogP contribution in [0.1, 0.15) is 41.5 Å². The number of nitrogens with one attached hydrogen (secondary N) is 1. The first-order chi connectivity index (χ1) is 7.67. The maximum Gasteiger partial charge on any atom is 0.168 e. The summed E-state index contributed by atoms with van der Waals surface area (Å²) in [4.78, 5) is 3.75. The summed E-state index contributed by atoms with van der Waals surface area (Å²) in [5.74, 6) is 0. The molecule has 1 rings (SSSR count). The second-order valence-electron chi connectivity index (χ2n) is 6.87. The van der Waals surface area contributed by atoms with Gasteiger partial charge in [0.25, 0.3) is 0 Å². The third-order valence-electron chi connectivity index (χ3n) is 3.83. The van der Waals surface area contributed by atoms with E-state index in [0.29, 0.717) is 0 Å². The van der Waals surface area contributed by atoms with Gasteiger partial charge < -0.3 is 4.98 Å². The first-order valence-electron chi connectivity index (χ1n) is 6.41. The zero-order chi connectivity index (χ0) is 13.3. The van der Waals surface area contributed by atoms with Gasteiger partial charge in [0.2, 0.25) is 0 Å². The molecule has 0 heterocycles. The smallest absolute Gasteiger partial charge is 0.168 e. The molecule has 0 aromatic heterocycles. The van der Waals surface area contributed by atoms with Crippen molar-refractivity contribution in [1.29, 1.82) is 0 Å². The molecule has 0 aliphatic heterocycles. The van der Waals surface area contributed by atoms with E-state index in [-0.39, 0.29) is 10.1 Å². The molecule has 0 aliphatic rings. The quantitative estimate of drug-likeness (QED) is 0.789. The molecule has 0 fully saturated rings. The molecular formula is C15H27NSi. The molecular weight excluding hydrogens is 222 g/mol. The van der Waals surface area contributed by atoms with Crippen LogP contribution >= 0.6 is 0 Å². The third kappa shape index (κ3) is 2.34. The lowest BCUT2D eigenvalue weighted by molar-refractivity contribution is 0.604. The molecule has 0 unspecified atom stereocenters. The zero-order valence-electron chi connectivity index (χ0n) is 12.4. The van der Waals surface area contributed by atoms with Crippen molar-refractivity contribution in [2.45, 2.75) is 51.6 Å². The fourth-order valence-corrected chi connectivity index (χ4v) is 10.0. The Morgan fingerprint density at radius 2 is 1.24 bits per heavy atom. The lowest BCUT2D eigenvalue weighted by Gasteiger charge is -2.51. The van der Waals surface area contributed by atoms with E-state index in [1.807, 2.05) is 0 Å². The average molecular weight is 249 g/mol. The van der Waals surface area contributed by atoms with Crippen LogP contribution in [0.25, 0.3) is 0 Å². The molecule has 0 radical (unpaired) electrons. The SMILES string of the molecule is CN[Si](c1ccccc1)(C(C)(C)C)C(C)(C)C. The van der Waals surface area contributed by atoms with Crippen molar-refractivity contribution in [1.82, 2.24) is 4.98 Å². The summed E-state index contributed by atoms with van der Waals surface area (Å²) in [6, 6.07) is 11.0. The Labute approximate surface area is 108 Å². The van der Waals surface area contributed by atoms with Crippen molar-refractivity contribution in [3.05, 3.63) is 30.3 Å². The molecule has 1 nitrogen and oxygen atoms in total. The monoisotopic (exact) mass is 249 g/mol. The summed E-state index contributed by atoms with van der Waals surface area (Å²) in [6.07, 6.45) is 0. The van der Waals surface area contributed by atoms with Gasteiger partial charge in [0.15, 0.2) is 8.24 Å². The predicted molar refractivity (Wildman–Crippen MR) is 80.3 cm³/mol. The van der Waals surface area contributed by atoms with Gasteiger partial charge in [-0.25, -0.2) is 0 Å². The van der Waals surface area contributed by atoms with E-state index >= 15 is 0 Å². The molecule has 0 spiro atoms. The maximum atomic E-state index is 3.75. The molecule has 0 amide bonds. The molecule has 1 aromatic carbocycles. The van der Waals surface area contributed by atoms with E-state index < -0.39 is 8.24 Å². The largest absolute Gasteiger partial charge is 0.336 e. The first-order valence-corrected chi connectivity index (χ1v) is 8.41. The van der Waals surface area contributed by atoms with Crippen LogP contribution in [0.5, 0.6) is 0 Å². The van der Waals surface area contributed by atoms with Gasteiger partial charge in [0.1, 0.15) is 0 Å². The molecule has 0 saturated carbocycles. The number of benzene rings is 1. The van der Waals surface area contributed by atoms with Gasteiger partial charge in [0.05, 0.1) is 0 Å². The van der Waals surface area contributed by atoms with E-state index in [2.05, 4.69) is 83.9 Å². The zero-order valence-corrected chi connectivity index (χ0v) is 13.4. The van der Waals surface area contributed by atoms with Crippen molar-refractivity contribution in [3.8, 4) is 0 Å². The minimum Gasteiger partial charge on any atom is -0.336 e. The summed E-state index contributed by atoms with van der Waals surface area (Å²) < 4.78 is 0. The molecule has 0 atom stereocenters. The highest BCUT2D eigenvalue weighted by Gasteiger charge is 2.53. The molecule has 2 heteroatoms. The minimum atomic E-state index is -1.80. The van der Waals surface area contributed by atoms with Gasteiger partial charge in [-0.1, -0.05) is 71.9 Å². The molecule has 1 aromatic rings. The predicted octanol–water partition coefficient (Wildman–Crippen LogP) is 3.66. The molecule has 0 bridgehead atoms. The van der Waals surface area contributed by atoms with Crippen molar-refractivity contribution >= 4 is 13.4 Å². The summed E-state index contributed by atoms with van der Waals surface area (Å²) in [5.41, 5.74) is 0. The van der Waals surface area contributed by atoms with Crippen molar-refractivity contribution in [2.75, 3.05) is 7.05 Å². The molecule has 0 saturated heterocycles. The van der Waals surface area contributed by atoms with Gasteiger partial charge in [-0.05, 0) is 22.3 Å². The molecule has 1 N–H and O–H groups in total. The third-order valence-corrected chi connectivity index (χ3v) is 10.3. The fourth-order valence-electron chi connectivity index (χ4n) is 3.57. The van der Waals surface area contributed by atoms with Crippen molar-refractivity contribution < 1.29 is 0 Å². The van der Waals surface area contributed by atoms with Crippen LogP contribution in [-0.2, 0) is 0 Å². The van der Waals surface area contributed by atoms with Crippen molar-refractivity contribution in [3.63, 3.8) is 0 Å². The van der Waals surface area contributed by atoms with E-state index in [1.54, 1.807) is 0 Å². The van der Waals surface area contributed by atoms with E-state index in [9.17, 15) is 0 Å². The van der Waals surface area contributed by atoms with Gasteiger partial charge in [-0.2, -0.15) is 0 Å². The van der Waals surface area contributed by atoms with Crippen LogP contribution in [0, 0.1) is 0 Å². The highest BCUT2D eigenvalue weighted by molar-refractivity contribution is 6.94. The lowest BCUT2D eigenvalue weighted by atomic mass is 10.2. The Bertz CT molecular complexity index is 343. The summed E-state index contributed by atoms with van der Waals surface area (Å²) in [6.45, 7) is 14.2.